The van der Waals surface area contributed by atoms with Gasteiger partial charge in [0.2, 0.25) is 0 Å². The third kappa shape index (κ3) is 5.89. The van der Waals surface area contributed by atoms with Gasteiger partial charge in [-0.2, -0.15) is 0 Å². The number of benzene rings is 1. The van der Waals surface area contributed by atoms with Gasteiger partial charge in [-0.3, -0.25) is 9.69 Å². The van der Waals surface area contributed by atoms with Crippen LogP contribution in [0.5, 0.6) is 5.75 Å². The van der Waals surface area contributed by atoms with Crippen LogP contribution >= 0.6 is 0 Å². The second-order valence-electron chi connectivity index (χ2n) is 6.25. The van der Waals surface area contributed by atoms with Gasteiger partial charge in [0.15, 0.2) is 5.78 Å². The molecule has 5 heteroatoms. The van der Waals surface area contributed by atoms with Crippen LogP contribution in [0.3, 0.4) is 0 Å². The summed E-state index contributed by atoms with van der Waals surface area (Å²) >= 11 is 0. The highest BCUT2D eigenvalue weighted by Gasteiger charge is 2.21. The van der Waals surface area contributed by atoms with Gasteiger partial charge in [0, 0.05) is 26.1 Å². The number of hydrogen-bond donors (Lipinski definition) is 0. The predicted molar refractivity (Wildman–Crippen MR) is 93.8 cm³/mol. The third-order valence-corrected chi connectivity index (χ3v) is 4.04. The van der Waals surface area contributed by atoms with Crippen LogP contribution in [0.2, 0.25) is 0 Å². The van der Waals surface area contributed by atoms with Crippen molar-refractivity contribution < 1.29 is 19.0 Å². The molecule has 1 aliphatic rings. The van der Waals surface area contributed by atoms with Crippen molar-refractivity contribution in [2.45, 2.75) is 39.4 Å². The fraction of sp³-hybridized carbons (Fsp3) is 0.632. The molecule has 2 rings (SSSR count). The normalized spacial score (nSPS) is 21.6. The Hall–Kier alpha value is -1.43. The van der Waals surface area contributed by atoms with Crippen LogP contribution in [0.15, 0.2) is 24.3 Å². The summed E-state index contributed by atoms with van der Waals surface area (Å²) in [5.41, 5.74) is 0.649. The van der Waals surface area contributed by atoms with Gasteiger partial charge in [-0.1, -0.05) is 19.1 Å². The van der Waals surface area contributed by atoms with Crippen molar-refractivity contribution in [2.75, 3.05) is 39.5 Å². The molecular weight excluding hydrogens is 306 g/mol. The lowest BCUT2D eigenvalue weighted by Gasteiger charge is -2.35. The summed E-state index contributed by atoms with van der Waals surface area (Å²) in [7, 11) is 0. The predicted octanol–water partition coefficient (Wildman–Crippen LogP) is 2.78. The number of ketones is 1. The highest BCUT2D eigenvalue weighted by atomic mass is 16.5. The average Bonchev–Trinajstić information content (AvgIpc) is 2.56. The monoisotopic (exact) mass is 335 g/mol. The number of carbonyl (C=O) groups is 1. The van der Waals surface area contributed by atoms with Crippen LogP contribution in [0, 0.1) is 0 Å². The van der Waals surface area contributed by atoms with E-state index in [-0.39, 0.29) is 18.0 Å². The van der Waals surface area contributed by atoms with E-state index in [0.29, 0.717) is 37.6 Å². The topological polar surface area (TPSA) is 48.0 Å². The summed E-state index contributed by atoms with van der Waals surface area (Å²) < 4.78 is 17.1. The van der Waals surface area contributed by atoms with Crippen molar-refractivity contribution >= 4 is 5.78 Å². The Labute approximate surface area is 144 Å². The number of para-hydroxylation sites is 1. The van der Waals surface area contributed by atoms with E-state index in [4.69, 9.17) is 14.2 Å². The maximum atomic E-state index is 11.9. The summed E-state index contributed by atoms with van der Waals surface area (Å²) in [5.74, 6) is 0.742. The molecule has 1 aromatic rings. The lowest BCUT2D eigenvalue weighted by atomic mass is 10.1. The van der Waals surface area contributed by atoms with Gasteiger partial charge >= 0.3 is 0 Å². The molecule has 0 aliphatic carbocycles. The zero-order chi connectivity index (χ0) is 17.4. The molecule has 0 spiro atoms. The minimum absolute atomic E-state index is 0.0991. The summed E-state index contributed by atoms with van der Waals surface area (Å²) in [6.07, 6.45) is 1.04. The molecule has 2 atom stereocenters. The molecule has 0 radical (unpaired) electrons. The number of nitrogens with zero attached hydrogens (tertiary/aromatic N) is 1. The molecule has 0 amide bonds. The number of rotatable bonds is 9. The maximum absolute atomic E-state index is 11.9. The average molecular weight is 335 g/mol. The van der Waals surface area contributed by atoms with Crippen LogP contribution in [-0.2, 0) is 9.47 Å². The Balaban J connectivity index is 1.64. The van der Waals surface area contributed by atoms with Crippen molar-refractivity contribution in [3.63, 3.8) is 0 Å². The quantitative estimate of drug-likeness (QED) is 0.513. The number of Topliss-reactive ketones (excluding diaryl/α,β-unsaturated/α-hetero) is 1. The van der Waals surface area contributed by atoms with Gasteiger partial charge in [0.1, 0.15) is 12.4 Å². The first-order valence-electron chi connectivity index (χ1n) is 8.80. The number of ether oxygens (including phenoxy) is 3. The SMILES string of the molecule is CCC(=O)c1ccccc1OCCOCCN1C[C@H](C)O[C@@H](C)C1. The molecule has 1 heterocycles. The van der Waals surface area contributed by atoms with Gasteiger partial charge in [0.25, 0.3) is 0 Å². The van der Waals surface area contributed by atoms with Crippen molar-refractivity contribution in [1.82, 2.24) is 4.90 Å². The van der Waals surface area contributed by atoms with Crippen molar-refractivity contribution in [1.29, 1.82) is 0 Å². The minimum atomic E-state index is 0.0991. The number of morpholine rings is 1. The van der Waals surface area contributed by atoms with Gasteiger partial charge < -0.3 is 14.2 Å². The Morgan fingerprint density at radius 2 is 1.88 bits per heavy atom. The highest BCUT2D eigenvalue weighted by Crippen LogP contribution is 2.19. The van der Waals surface area contributed by atoms with Gasteiger partial charge in [-0.15, -0.1) is 0 Å². The van der Waals surface area contributed by atoms with E-state index in [1.807, 2.05) is 31.2 Å². The van der Waals surface area contributed by atoms with E-state index in [9.17, 15) is 4.79 Å². The highest BCUT2D eigenvalue weighted by molar-refractivity contribution is 5.98. The van der Waals surface area contributed by atoms with E-state index in [1.54, 1.807) is 0 Å². The Morgan fingerprint density at radius 3 is 2.58 bits per heavy atom. The molecule has 1 fully saturated rings. The number of carbonyl (C=O) groups excluding carboxylic acids is 1. The first-order valence-corrected chi connectivity index (χ1v) is 8.80. The molecule has 134 valence electrons. The second kappa shape index (κ2) is 9.77. The smallest absolute Gasteiger partial charge is 0.166 e. The molecule has 24 heavy (non-hydrogen) atoms. The van der Waals surface area contributed by atoms with Crippen molar-refractivity contribution in [3.05, 3.63) is 29.8 Å². The van der Waals surface area contributed by atoms with Gasteiger partial charge in [-0.25, -0.2) is 0 Å². The molecule has 5 nitrogen and oxygen atoms in total. The summed E-state index contributed by atoms with van der Waals surface area (Å²) in [6.45, 7) is 10.5. The lowest BCUT2D eigenvalue weighted by Crippen LogP contribution is -2.46. The van der Waals surface area contributed by atoms with Crippen LogP contribution in [-0.4, -0.2) is 62.3 Å². The molecular formula is C19H29NO4. The fourth-order valence-corrected chi connectivity index (χ4v) is 2.99. The van der Waals surface area contributed by atoms with E-state index in [0.717, 1.165) is 19.6 Å². The molecule has 0 aromatic heterocycles. The van der Waals surface area contributed by atoms with E-state index in [1.165, 1.54) is 0 Å². The largest absolute Gasteiger partial charge is 0.490 e. The first kappa shape index (κ1) is 18.9. The van der Waals surface area contributed by atoms with Crippen molar-refractivity contribution in [2.24, 2.45) is 0 Å². The van der Waals surface area contributed by atoms with E-state index < -0.39 is 0 Å². The standard InChI is InChI=1S/C19H29NO4/c1-4-18(21)17-7-5-6-8-19(17)23-12-11-22-10-9-20-13-15(2)24-16(3)14-20/h5-8,15-16H,4,9-14H2,1-3H3/t15-,16-/m0/s1. The summed E-state index contributed by atoms with van der Waals surface area (Å²) in [6, 6.07) is 7.38. The maximum Gasteiger partial charge on any atom is 0.166 e. The zero-order valence-electron chi connectivity index (χ0n) is 15.0. The molecule has 0 bridgehead atoms. The van der Waals surface area contributed by atoms with Crippen LogP contribution in [0.25, 0.3) is 0 Å². The second-order valence-corrected chi connectivity index (χ2v) is 6.25. The Bertz CT molecular complexity index is 510. The molecule has 1 aliphatic heterocycles. The zero-order valence-corrected chi connectivity index (χ0v) is 15.0. The van der Waals surface area contributed by atoms with E-state index >= 15 is 0 Å². The summed E-state index contributed by atoms with van der Waals surface area (Å²) in [5, 5.41) is 0. The minimum Gasteiger partial charge on any atom is -0.490 e. The Kier molecular flexibility index (Phi) is 7.69. The number of hydrogen-bond acceptors (Lipinski definition) is 5. The van der Waals surface area contributed by atoms with Crippen LogP contribution < -0.4 is 4.74 Å². The summed E-state index contributed by atoms with van der Waals surface area (Å²) in [4.78, 5) is 14.2. The van der Waals surface area contributed by atoms with Crippen LogP contribution in [0.4, 0.5) is 0 Å². The molecule has 0 N–H and O–H groups in total. The Morgan fingerprint density at radius 1 is 1.17 bits per heavy atom. The fourth-order valence-electron chi connectivity index (χ4n) is 2.99. The van der Waals surface area contributed by atoms with Crippen molar-refractivity contribution in [3.8, 4) is 5.75 Å². The lowest BCUT2D eigenvalue weighted by molar-refractivity contribution is -0.0734. The van der Waals surface area contributed by atoms with Gasteiger partial charge in [-0.05, 0) is 26.0 Å². The first-order chi connectivity index (χ1) is 11.6. The molecule has 1 saturated heterocycles. The third-order valence-electron chi connectivity index (χ3n) is 4.04. The van der Waals surface area contributed by atoms with Gasteiger partial charge in [0.05, 0.1) is 31.0 Å². The molecule has 0 saturated carbocycles. The van der Waals surface area contributed by atoms with Crippen LogP contribution in [0.1, 0.15) is 37.6 Å². The molecule has 0 unspecified atom stereocenters. The van der Waals surface area contributed by atoms with E-state index in [2.05, 4.69) is 18.7 Å². The molecule has 1 aromatic carbocycles.